The fourth-order valence-corrected chi connectivity index (χ4v) is 1.56. The molecule has 0 fully saturated rings. The molecule has 0 radical (unpaired) electrons. The van der Waals surface area contributed by atoms with Crippen LogP contribution in [0.1, 0.15) is 12.5 Å². The van der Waals surface area contributed by atoms with Gasteiger partial charge in [0.25, 0.3) is 0 Å². The second-order valence-electron chi connectivity index (χ2n) is 3.74. The Balaban J connectivity index is 2.22. The first-order valence-corrected chi connectivity index (χ1v) is 5.44. The number of aromatic nitrogens is 3. The molecule has 0 aliphatic rings. The van der Waals surface area contributed by atoms with E-state index in [-0.39, 0.29) is 0 Å². The Kier molecular flexibility index (Phi) is 3.31. The molecule has 2 heterocycles. The topological polar surface area (TPSA) is 42.7 Å². The van der Waals surface area contributed by atoms with Crippen molar-refractivity contribution in [2.75, 3.05) is 6.54 Å². The second kappa shape index (κ2) is 4.90. The summed E-state index contributed by atoms with van der Waals surface area (Å²) in [6, 6.07) is 4.12. The smallest absolute Gasteiger partial charge is 0.0938 e. The van der Waals surface area contributed by atoms with Gasteiger partial charge in [-0.1, -0.05) is 6.92 Å². The van der Waals surface area contributed by atoms with E-state index in [0.717, 1.165) is 24.3 Å². The number of hydrogen-bond acceptors (Lipinski definition) is 3. The average Bonchev–Trinajstić information content (AvgIpc) is 2.74. The van der Waals surface area contributed by atoms with Crippen molar-refractivity contribution in [3.8, 4) is 11.3 Å². The van der Waals surface area contributed by atoms with Crippen molar-refractivity contribution in [3.63, 3.8) is 0 Å². The Morgan fingerprint density at radius 2 is 2.25 bits per heavy atom. The first kappa shape index (κ1) is 10.8. The summed E-state index contributed by atoms with van der Waals surface area (Å²) in [5, 5.41) is 7.64. The minimum atomic E-state index is 0.851. The van der Waals surface area contributed by atoms with Crippen molar-refractivity contribution < 1.29 is 0 Å². The zero-order chi connectivity index (χ0) is 11.4. The molecular formula is C12H16N4. The molecule has 2 rings (SSSR count). The fourth-order valence-electron chi connectivity index (χ4n) is 1.56. The standard InChI is InChI=1S/C12H16N4/c1-3-13-7-10-6-11(9-14-8-10)12-4-5-16(2)15-12/h4-6,8-9,13H,3,7H2,1-2H3. The first-order valence-electron chi connectivity index (χ1n) is 5.44. The molecule has 2 aromatic rings. The van der Waals surface area contributed by atoms with Crippen molar-refractivity contribution in [2.24, 2.45) is 7.05 Å². The van der Waals surface area contributed by atoms with Crippen LogP contribution in [0.5, 0.6) is 0 Å². The van der Waals surface area contributed by atoms with Crippen molar-refractivity contribution in [2.45, 2.75) is 13.5 Å². The van der Waals surface area contributed by atoms with Gasteiger partial charge in [-0.05, 0) is 24.2 Å². The average molecular weight is 216 g/mol. The molecule has 0 amide bonds. The molecule has 0 aliphatic heterocycles. The molecule has 4 nitrogen and oxygen atoms in total. The summed E-state index contributed by atoms with van der Waals surface area (Å²) in [6.45, 7) is 3.91. The van der Waals surface area contributed by atoms with E-state index in [1.165, 1.54) is 5.56 Å². The highest BCUT2D eigenvalue weighted by Gasteiger charge is 2.02. The molecule has 0 saturated carbocycles. The third-order valence-electron chi connectivity index (χ3n) is 2.38. The Labute approximate surface area is 95.3 Å². The minimum Gasteiger partial charge on any atom is -0.313 e. The molecule has 84 valence electrons. The van der Waals surface area contributed by atoms with Gasteiger partial charge >= 0.3 is 0 Å². The van der Waals surface area contributed by atoms with Crippen LogP contribution in [0.15, 0.2) is 30.7 Å². The SMILES string of the molecule is CCNCc1cncc(-c2ccn(C)n2)c1. The molecule has 2 aromatic heterocycles. The molecule has 16 heavy (non-hydrogen) atoms. The van der Waals surface area contributed by atoms with Gasteiger partial charge in [-0.2, -0.15) is 5.10 Å². The summed E-state index contributed by atoms with van der Waals surface area (Å²) in [5.41, 5.74) is 3.22. The maximum Gasteiger partial charge on any atom is 0.0938 e. The molecule has 0 unspecified atom stereocenters. The summed E-state index contributed by atoms with van der Waals surface area (Å²) in [6.07, 6.45) is 5.67. The van der Waals surface area contributed by atoms with Crippen LogP contribution in [0.2, 0.25) is 0 Å². The van der Waals surface area contributed by atoms with E-state index in [1.807, 2.05) is 31.7 Å². The Hall–Kier alpha value is -1.68. The Morgan fingerprint density at radius 1 is 1.38 bits per heavy atom. The second-order valence-corrected chi connectivity index (χ2v) is 3.74. The maximum atomic E-state index is 4.36. The summed E-state index contributed by atoms with van der Waals surface area (Å²) in [7, 11) is 1.92. The lowest BCUT2D eigenvalue weighted by Crippen LogP contribution is -2.11. The molecule has 1 N–H and O–H groups in total. The van der Waals surface area contributed by atoms with Gasteiger partial charge in [0, 0.05) is 37.7 Å². The number of pyridine rings is 1. The fraction of sp³-hybridized carbons (Fsp3) is 0.333. The number of hydrogen-bond donors (Lipinski definition) is 1. The first-order chi connectivity index (χ1) is 7.79. The predicted octanol–water partition coefficient (Wildman–Crippen LogP) is 1.59. The molecule has 0 bridgehead atoms. The molecule has 0 aromatic carbocycles. The van der Waals surface area contributed by atoms with E-state index in [4.69, 9.17) is 0 Å². The minimum absolute atomic E-state index is 0.851. The Bertz CT molecular complexity index is 462. The van der Waals surface area contributed by atoms with E-state index in [2.05, 4.69) is 28.4 Å². The summed E-state index contributed by atoms with van der Waals surface area (Å²) in [5.74, 6) is 0. The predicted molar refractivity (Wildman–Crippen MR) is 63.8 cm³/mol. The Morgan fingerprint density at radius 3 is 2.94 bits per heavy atom. The van der Waals surface area contributed by atoms with Gasteiger partial charge in [-0.15, -0.1) is 0 Å². The van der Waals surface area contributed by atoms with Crippen molar-refractivity contribution in [1.82, 2.24) is 20.1 Å². The van der Waals surface area contributed by atoms with Crippen molar-refractivity contribution >= 4 is 0 Å². The summed E-state index contributed by atoms with van der Waals surface area (Å²) < 4.78 is 1.80. The van der Waals surface area contributed by atoms with Crippen LogP contribution in [-0.4, -0.2) is 21.3 Å². The number of aryl methyl sites for hydroxylation is 1. The van der Waals surface area contributed by atoms with Crippen LogP contribution in [0, 0.1) is 0 Å². The van der Waals surface area contributed by atoms with E-state index >= 15 is 0 Å². The maximum absolute atomic E-state index is 4.36. The number of nitrogens with zero attached hydrogens (tertiary/aromatic N) is 3. The molecule has 4 heteroatoms. The highest BCUT2D eigenvalue weighted by atomic mass is 15.2. The van der Waals surface area contributed by atoms with Gasteiger partial charge in [0.2, 0.25) is 0 Å². The van der Waals surface area contributed by atoms with Gasteiger partial charge in [0.05, 0.1) is 5.69 Å². The van der Waals surface area contributed by atoms with Crippen LogP contribution in [-0.2, 0) is 13.6 Å². The van der Waals surface area contributed by atoms with Crippen LogP contribution in [0.3, 0.4) is 0 Å². The largest absolute Gasteiger partial charge is 0.313 e. The van der Waals surface area contributed by atoms with E-state index in [1.54, 1.807) is 4.68 Å². The zero-order valence-electron chi connectivity index (χ0n) is 9.64. The highest BCUT2D eigenvalue weighted by molar-refractivity contribution is 5.57. The number of nitrogens with one attached hydrogen (secondary N) is 1. The van der Waals surface area contributed by atoms with Gasteiger partial charge in [-0.25, -0.2) is 0 Å². The van der Waals surface area contributed by atoms with Gasteiger partial charge in [0.15, 0.2) is 0 Å². The highest BCUT2D eigenvalue weighted by Crippen LogP contribution is 2.16. The molecular weight excluding hydrogens is 200 g/mol. The number of rotatable bonds is 4. The normalized spacial score (nSPS) is 10.6. The van der Waals surface area contributed by atoms with Gasteiger partial charge < -0.3 is 5.32 Å². The van der Waals surface area contributed by atoms with Crippen molar-refractivity contribution in [1.29, 1.82) is 0 Å². The third-order valence-corrected chi connectivity index (χ3v) is 2.38. The van der Waals surface area contributed by atoms with Crippen LogP contribution >= 0.6 is 0 Å². The third kappa shape index (κ3) is 2.46. The summed E-state index contributed by atoms with van der Waals surface area (Å²) in [4.78, 5) is 4.23. The van der Waals surface area contributed by atoms with Gasteiger partial charge in [0.1, 0.15) is 0 Å². The van der Waals surface area contributed by atoms with Crippen LogP contribution in [0.25, 0.3) is 11.3 Å². The summed E-state index contributed by atoms with van der Waals surface area (Å²) >= 11 is 0. The molecule has 0 spiro atoms. The zero-order valence-corrected chi connectivity index (χ0v) is 9.64. The van der Waals surface area contributed by atoms with Crippen LogP contribution in [0.4, 0.5) is 0 Å². The van der Waals surface area contributed by atoms with E-state index < -0.39 is 0 Å². The quantitative estimate of drug-likeness (QED) is 0.844. The van der Waals surface area contributed by atoms with E-state index in [0.29, 0.717) is 0 Å². The van der Waals surface area contributed by atoms with Gasteiger partial charge in [-0.3, -0.25) is 9.67 Å². The van der Waals surface area contributed by atoms with Crippen LogP contribution < -0.4 is 5.32 Å². The molecule has 0 atom stereocenters. The monoisotopic (exact) mass is 216 g/mol. The van der Waals surface area contributed by atoms with E-state index in [9.17, 15) is 0 Å². The van der Waals surface area contributed by atoms with Crippen molar-refractivity contribution in [3.05, 3.63) is 36.3 Å². The lowest BCUT2D eigenvalue weighted by Gasteiger charge is -2.03. The lowest BCUT2D eigenvalue weighted by molar-refractivity contribution is 0.724. The lowest BCUT2D eigenvalue weighted by atomic mass is 10.1. The molecule has 0 saturated heterocycles. The molecule has 0 aliphatic carbocycles.